The van der Waals surface area contributed by atoms with E-state index in [9.17, 15) is 0 Å². The van der Waals surface area contributed by atoms with Crippen LogP contribution in [0.25, 0.3) is 0 Å². The molecule has 52 valence electrons. The van der Waals surface area contributed by atoms with Crippen molar-refractivity contribution in [2.45, 2.75) is 19.9 Å². The molecule has 1 rings (SSSR count). The molecule has 0 saturated carbocycles. The molecule has 1 aliphatic heterocycles. The van der Waals surface area contributed by atoms with E-state index in [0.29, 0.717) is 12.0 Å². The summed E-state index contributed by atoms with van der Waals surface area (Å²) in [6.45, 7) is 9.20. The first-order valence-corrected chi connectivity index (χ1v) is 3.39. The van der Waals surface area contributed by atoms with Crippen molar-refractivity contribution in [1.82, 2.24) is 10.6 Å². The van der Waals surface area contributed by atoms with Crippen LogP contribution in [0.1, 0.15) is 13.8 Å². The lowest BCUT2D eigenvalue weighted by Crippen LogP contribution is -2.28. The summed E-state index contributed by atoms with van der Waals surface area (Å²) >= 11 is 0. The first-order chi connectivity index (χ1) is 4.20. The van der Waals surface area contributed by atoms with Crippen LogP contribution in [-0.2, 0) is 0 Å². The van der Waals surface area contributed by atoms with E-state index in [2.05, 4.69) is 31.1 Å². The Balaban J connectivity index is 2.39. The summed E-state index contributed by atoms with van der Waals surface area (Å²) < 4.78 is 0. The van der Waals surface area contributed by atoms with Crippen LogP contribution in [0, 0.1) is 5.92 Å². The van der Waals surface area contributed by atoms with E-state index in [1.54, 1.807) is 0 Å². The van der Waals surface area contributed by atoms with Gasteiger partial charge in [-0.2, -0.15) is 0 Å². The summed E-state index contributed by atoms with van der Waals surface area (Å²) in [5, 5.41) is 6.39. The molecule has 0 amide bonds. The summed E-state index contributed by atoms with van der Waals surface area (Å²) in [6.07, 6.45) is 0. The van der Waals surface area contributed by atoms with Crippen molar-refractivity contribution in [3.05, 3.63) is 12.4 Å². The van der Waals surface area contributed by atoms with Crippen LogP contribution in [0.4, 0.5) is 0 Å². The Bertz CT molecular complexity index is 118. The highest BCUT2D eigenvalue weighted by Gasteiger charge is 2.18. The van der Waals surface area contributed by atoms with Gasteiger partial charge in [-0.3, -0.25) is 0 Å². The van der Waals surface area contributed by atoms with Crippen molar-refractivity contribution in [1.29, 1.82) is 0 Å². The standard InChI is InChI=1S/C7H14N2/c1-5(2)7-4-8-6(3)9-7/h5,7-9H,3-4H2,1-2H3. The fraction of sp³-hybridized carbons (Fsp3) is 0.714. The zero-order valence-corrected chi connectivity index (χ0v) is 6.07. The molecular formula is C7H14N2. The normalized spacial score (nSPS) is 26.1. The van der Waals surface area contributed by atoms with Gasteiger partial charge in [-0.25, -0.2) is 0 Å². The van der Waals surface area contributed by atoms with Gasteiger partial charge < -0.3 is 10.6 Å². The monoisotopic (exact) mass is 126 g/mol. The highest BCUT2D eigenvalue weighted by atomic mass is 15.2. The first-order valence-electron chi connectivity index (χ1n) is 3.39. The van der Waals surface area contributed by atoms with Gasteiger partial charge >= 0.3 is 0 Å². The summed E-state index contributed by atoms with van der Waals surface area (Å²) in [4.78, 5) is 0. The summed E-state index contributed by atoms with van der Waals surface area (Å²) in [5.74, 6) is 1.66. The minimum absolute atomic E-state index is 0.581. The van der Waals surface area contributed by atoms with Crippen molar-refractivity contribution in [3.63, 3.8) is 0 Å². The highest BCUT2D eigenvalue weighted by Crippen LogP contribution is 2.06. The topological polar surface area (TPSA) is 24.1 Å². The third kappa shape index (κ3) is 1.37. The maximum atomic E-state index is 3.76. The zero-order valence-electron chi connectivity index (χ0n) is 6.07. The van der Waals surface area contributed by atoms with Gasteiger partial charge in [-0.15, -0.1) is 0 Å². The average molecular weight is 126 g/mol. The molecule has 1 atom stereocenters. The molecule has 1 saturated heterocycles. The van der Waals surface area contributed by atoms with Gasteiger partial charge in [0.1, 0.15) is 0 Å². The van der Waals surface area contributed by atoms with Gasteiger partial charge in [0.15, 0.2) is 0 Å². The first kappa shape index (κ1) is 6.46. The average Bonchev–Trinajstić information content (AvgIpc) is 2.14. The predicted molar refractivity (Wildman–Crippen MR) is 38.9 cm³/mol. The van der Waals surface area contributed by atoms with Crippen LogP contribution in [0.5, 0.6) is 0 Å². The molecule has 2 heteroatoms. The van der Waals surface area contributed by atoms with E-state index >= 15 is 0 Å². The Hall–Kier alpha value is -0.660. The van der Waals surface area contributed by atoms with Gasteiger partial charge in [0.05, 0.1) is 5.82 Å². The fourth-order valence-electron chi connectivity index (χ4n) is 0.961. The second-order valence-corrected chi connectivity index (χ2v) is 2.85. The molecule has 2 N–H and O–H groups in total. The van der Waals surface area contributed by atoms with Crippen LogP contribution in [0.3, 0.4) is 0 Å². The van der Waals surface area contributed by atoms with Crippen molar-refractivity contribution < 1.29 is 0 Å². The largest absolute Gasteiger partial charge is 0.370 e. The quantitative estimate of drug-likeness (QED) is 0.539. The third-order valence-electron chi connectivity index (χ3n) is 1.70. The van der Waals surface area contributed by atoms with Crippen LogP contribution < -0.4 is 10.6 Å². The van der Waals surface area contributed by atoms with Crippen LogP contribution in [0.2, 0.25) is 0 Å². The lowest BCUT2D eigenvalue weighted by atomic mass is 10.1. The van der Waals surface area contributed by atoms with Crippen LogP contribution in [-0.4, -0.2) is 12.6 Å². The lowest BCUT2D eigenvalue weighted by Gasteiger charge is -2.12. The predicted octanol–water partition coefficient (Wildman–Crippen LogP) is 0.675. The molecule has 1 fully saturated rings. The van der Waals surface area contributed by atoms with Gasteiger partial charge in [-0.05, 0) is 5.92 Å². The number of hydrogen-bond donors (Lipinski definition) is 2. The second-order valence-electron chi connectivity index (χ2n) is 2.85. The Morgan fingerprint density at radius 3 is 2.56 bits per heavy atom. The van der Waals surface area contributed by atoms with Crippen molar-refractivity contribution in [2.75, 3.05) is 6.54 Å². The smallest absolute Gasteiger partial charge is 0.0915 e. The number of hydrogen-bond acceptors (Lipinski definition) is 2. The molecule has 1 heterocycles. The summed E-state index contributed by atoms with van der Waals surface area (Å²) in [5.41, 5.74) is 0. The molecular weight excluding hydrogens is 112 g/mol. The van der Waals surface area contributed by atoms with Gasteiger partial charge in [0.2, 0.25) is 0 Å². The maximum Gasteiger partial charge on any atom is 0.0915 e. The molecule has 0 radical (unpaired) electrons. The van der Waals surface area contributed by atoms with E-state index < -0.39 is 0 Å². The Labute approximate surface area is 56.3 Å². The van der Waals surface area contributed by atoms with E-state index in [-0.39, 0.29) is 0 Å². The van der Waals surface area contributed by atoms with Crippen molar-refractivity contribution >= 4 is 0 Å². The highest BCUT2D eigenvalue weighted by molar-refractivity contribution is 5.00. The fourth-order valence-corrected chi connectivity index (χ4v) is 0.961. The van der Waals surface area contributed by atoms with E-state index in [1.807, 2.05) is 0 Å². The molecule has 0 aromatic heterocycles. The Morgan fingerprint density at radius 2 is 2.33 bits per heavy atom. The Kier molecular flexibility index (Phi) is 1.65. The summed E-state index contributed by atoms with van der Waals surface area (Å²) in [6, 6.07) is 0.581. The molecule has 9 heavy (non-hydrogen) atoms. The zero-order chi connectivity index (χ0) is 6.85. The molecule has 0 aliphatic carbocycles. The number of rotatable bonds is 1. The van der Waals surface area contributed by atoms with Gasteiger partial charge in [0, 0.05) is 12.6 Å². The van der Waals surface area contributed by atoms with E-state index in [0.717, 1.165) is 12.4 Å². The molecule has 2 nitrogen and oxygen atoms in total. The van der Waals surface area contributed by atoms with Gasteiger partial charge in [0.25, 0.3) is 0 Å². The van der Waals surface area contributed by atoms with Crippen molar-refractivity contribution in [2.24, 2.45) is 5.92 Å². The summed E-state index contributed by atoms with van der Waals surface area (Å²) in [7, 11) is 0. The van der Waals surface area contributed by atoms with Crippen LogP contribution >= 0.6 is 0 Å². The SMILES string of the molecule is C=C1NCC(C(C)C)N1. The maximum absolute atomic E-state index is 3.76. The van der Waals surface area contributed by atoms with Crippen molar-refractivity contribution in [3.8, 4) is 0 Å². The lowest BCUT2D eigenvalue weighted by molar-refractivity contribution is 0.478. The van der Waals surface area contributed by atoms with E-state index in [1.165, 1.54) is 0 Å². The molecule has 0 bridgehead atoms. The molecule has 0 spiro atoms. The van der Waals surface area contributed by atoms with Gasteiger partial charge in [-0.1, -0.05) is 20.4 Å². The Morgan fingerprint density at radius 1 is 1.67 bits per heavy atom. The second kappa shape index (κ2) is 2.29. The number of nitrogens with one attached hydrogen (secondary N) is 2. The third-order valence-corrected chi connectivity index (χ3v) is 1.70. The molecule has 0 aromatic carbocycles. The molecule has 1 aliphatic rings. The molecule has 0 aromatic rings. The molecule has 1 unspecified atom stereocenters. The minimum Gasteiger partial charge on any atom is -0.370 e. The van der Waals surface area contributed by atoms with E-state index in [4.69, 9.17) is 0 Å². The van der Waals surface area contributed by atoms with Crippen LogP contribution in [0.15, 0.2) is 12.4 Å². The minimum atomic E-state index is 0.581.